The molecule has 0 saturated carbocycles. The maximum Gasteiger partial charge on any atom is 0.274 e. The molecule has 0 aliphatic carbocycles. The van der Waals surface area contributed by atoms with Gasteiger partial charge in [-0.05, 0) is 141 Å². The number of halogens is 2. The molecule has 8 rings (SSSR count). The maximum atomic E-state index is 14.0. The number of hydrogen-bond donors (Lipinski definition) is 0. The van der Waals surface area contributed by atoms with E-state index in [4.69, 9.17) is 11.6 Å². The molecule has 0 spiro atoms. The minimum atomic E-state index is -1.07. The van der Waals surface area contributed by atoms with E-state index < -0.39 is 5.67 Å². The smallest absolute Gasteiger partial charge is 0.274 e. The molecule has 6 aromatic rings. The molecule has 4 aromatic heterocycles. The lowest BCUT2D eigenvalue weighted by Crippen LogP contribution is -2.39. The Bertz CT molecular complexity index is 2240. The number of likely N-dealkylation sites (tertiary alicyclic amines) is 2. The van der Waals surface area contributed by atoms with Crippen LogP contribution in [0.25, 0.3) is 31.8 Å². The van der Waals surface area contributed by atoms with Crippen molar-refractivity contribution in [3.63, 3.8) is 0 Å². The number of pyridine rings is 2. The summed E-state index contributed by atoms with van der Waals surface area (Å²) in [5, 5.41) is 1.98. The van der Waals surface area contributed by atoms with Crippen molar-refractivity contribution >= 4 is 55.1 Å². The summed E-state index contributed by atoms with van der Waals surface area (Å²) in [6.45, 7) is 9.11. The third-order valence-electron chi connectivity index (χ3n) is 9.63. The van der Waals surface area contributed by atoms with Crippen molar-refractivity contribution < 1.29 is 4.39 Å². The van der Waals surface area contributed by atoms with E-state index in [2.05, 4.69) is 44.9 Å². The fourth-order valence-corrected chi connectivity index (χ4v) is 8.75. The van der Waals surface area contributed by atoms with Crippen LogP contribution < -0.4 is 11.1 Å². The lowest BCUT2D eigenvalue weighted by molar-refractivity contribution is 0.0705. The monoisotopic (exact) mass is 730 g/mol. The summed E-state index contributed by atoms with van der Waals surface area (Å²) in [6.07, 6.45) is 8.42. The number of aryl methyl sites for hydroxylation is 1. The van der Waals surface area contributed by atoms with Crippen LogP contribution in [0.15, 0.2) is 82.6 Å². The number of fused-ring (bicyclic) bond motifs is 2. The molecule has 0 bridgehead atoms. The van der Waals surface area contributed by atoms with E-state index in [0.717, 1.165) is 33.9 Å². The minimum Gasteiger partial charge on any atom is -0.299 e. The molecule has 2 fully saturated rings. The molecule has 0 N–H and O–H groups in total. The number of rotatable bonds is 6. The van der Waals surface area contributed by atoms with Gasteiger partial charge in [0.1, 0.15) is 15.3 Å². The Morgan fingerprint density at radius 1 is 0.780 bits per heavy atom. The molecule has 50 heavy (non-hydrogen) atoms. The average Bonchev–Trinajstić information content (AvgIpc) is 3.64. The fraction of sp³-hybridized carbons (Fsp3) is 0.368. The quantitative estimate of drug-likeness (QED) is 0.172. The zero-order chi connectivity index (χ0) is 34.8. The SMILES string of the molecule is CC1(F)CCN(Cc2cc(-n3sc4ncccc4c3=O)ccc2Cl)CC1.Cc1ccc(CN2CCCCC2)cc1-n1sc2ncccc2c1=O. The van der Waals surface area contributed by atoms with Crippen LogP contribution in [0, 0.1) is 6.92 Å². The first-order valence-electron chi connectivity index (χ1n) is 17.1. The Kier molecular flexibility index (Phi) is 10.3. The normalized spacial score (nSPS) is 16.8. The highest BCUT2D eigenvalue weighted by Crippen LogP contribution is 2.29. The number of alkyl halides is 1. The standard InChI is InChI=1S/C19H19ClFN3OS.C19H21N3OS/c1-19(21)6-9-23(10-7-19)12-13-11-14(4-5-16(13)20)24-18(25)15-3-2-8-22-17(15)26-24;1-14-7-8-15(13-21-10-3-2-4-11-21)12-17(14)22-19(23)16-6-5-9-20-18(16)24-22/h2-5,8,11H,6-7,9-10,12H2,1H3;5-9,12H,2-4,10-11,13H2,1H3. The van der Waals surface area contributed by atoms with Crippen molar-refractivity contribution in [2.45, 2.75) is 64.7 Å². The zero-order valence-corrected chi connectivity index (χ0v) is 30.7. The van der Waals surface area contributed by atoms with Crippen LogP contribution in [-0.4, -0.2) is 59.5 Å². The molecule has 8 nitrogen and oxygen atoms in total. The number of piperidine rings is 2. The molecule has 2 aromatic carbocycles. The van der Waals surface area contributed by atoms with Crippen LogP contribution in [0.1, 0.15) is 55.7 Å². The summed E-state index contributed by atoms with van der Waals surface area (Å²) in [4.78, 5) is 40.2. The number of hydrogen-bond acceptors (Lipinski definition) is 8. The number of nitrogens with zero attached hydrogens (tertiary/aromatic N) is 6. The topological polar surface area (TPSA) is 76.3 Å². The number of benzene rings is 2. The second-order valence-corrected chi connectivity index (χ2v) is 15.8. The largest absolute Gasteiger partial charge is 0.299 e. The highest BCUT2D eigenvalue weighted by Gasteiger charge is 2.29. The molecule has 2 aliphatic heterocycles. The van der Waals surface area contributed by atoms with Gasteiger partial charge in [0.25, 0.3) is 11.1 Å². The molecule has 12 heteroatoms. The van der Waals surface area contributed by atoms with E-state index in [1.807, 2.05) is 30.3 Å². The predicted molar refractivity (Wildman–Crippen MR) is 203 cm³/mol. The summed E-state index contributed by atoms with van der Waals surface area (Å²) in [5.74, 6) is 0. The summed E-state index contributed by atoms with van der Waals surface area (Å²) in [5.41, 5.74) is 3.99. The average molecular weight is 731 g/mol. The van der Waals surface area contributed by atoms with Crippen molar-refractivity contribution in [1.82, 2.24) is 27.7 Å². The summed E-state index contributed by atoms with van der Waals surface area (Å²) in [7, 11) is 0. The van der Waals surface area contributed by atoms with Gasteiger partial charge in [-0.15, -0.1) is 0 Å². The molecular weight excluding hydrogens is 691 g/mol. The second kappa shape index (κ2) is 14.9. The Morgan fingerprint density at radius 2 is 1.40 bits per heavy atom. The lowest BCUT2D eigenvalue weighted by atomic mass is 9.95. The van der Waals surface area contributed by atoms with Crippen LogP contribution in [0.2, 0.25) is 5.02 Å². The van der Waals surface area contributed by atoms with Crippen LogP contribution in [0.3, 0.4) is 0 Å². The number of aromatic nitrogens is 4. The summed E-state index contributed by atoms with van der Waals surface area (Å²) >= 11 is 9.13. The first kappa shape index (κ1) is 34.7. The van der Waals surface area contributed by atoms with Gasteiger partial charge >= 0.3 is 0 Å². The first-order valence-corrected chi connectivity index (χ1v) is 19.0. The van der Waals surface area contributed by atoms with E-state index in [1.54, 1.807) is 39.4 Å². The van der Waals surface area contributed by atoms with Gasteiger partial charge in [0, 0.05) is 43.6 Å². The second-order valence-electron chi connectivity index (χ2n) is 13.5. The Hall–Kier alpha value is -3.74. The van der Waals surface area contributed by atoms with Gasteiger partial charge < -0.3 is 0 Å². The van der Waals surface area contributed by atoms with E-state index in [-0.39, 0.29) is 11.1 Å². The molecule has 0 unspecified atom stereocenters. The molecule has 2 aliphatic rings. The Balaban J connectivity index is 0.000000157. The van der Waals surface area contributed by atoms with Gasteiger partial charge in [-0.3, -0.25) is 19.4 Å². The Labute approximate surface area is 303 Å². The van der Waals surface area contributed by atoms with Crippen LogP contribution >= 0.6 is 34.7 Å². The van der Waals surface area contributed by atoms with E-state index >= 15 is 0 Å². The van der Waals surface area contributed by atoms with E-state index in [1.165, 1.54) is 61.0 Å². The van der Waals surface area contributed by atoms with Crippen LogP contribution in [0.5, 0.6) is 0 Å². The molecule has 6 heterocycles. The third-order valence-corrected chi connectivity index (χ3v) is 12.1. The summed E-state index contributed by atoms with van der Waals surface area (Å²) < 4.78 is 17.4. The van der Waals surface area contributed by atoms with Gasteiger partial charge in [0.05, 0.1) is 22.1 Å². The van der Waals surface area contributed by atoms with Crippen molar-refractivity contribution in [2.24, 2.45) is 0 Å². The molecule has 2 saturated heterocycles. The van der Waals surface area contributed by atoms with Crippen molar-refractivity contribution in [3.05, 3.63) is 115 Å². The van der Waals surface area contributed by atoms with Gasteiger partial charge in [0.2, 0.25) is 0 Å². The third kappa shape index (κ3) is 7.62. The predicted octanol–water partition coefficient (Wildman–Crippen LogP) is 8.17. The fourth-order valence-electron chi connectivity index (χ4n) is 6.63. The van der Waals surface area contributed by atoms with Crippen LogP contribution in [0.4, 0.5) is 4.39 Å². The van der Waals surface area contributed by atoms with Gasteiger partial charge in [-0.1, -0.05) is 30.2 Å². The highest BCUT2D eigenvalue weighted by molar-refractivity contribution is 7.14. The van der Waals surface area contributed by atoms with Crippen molar-refractivity contribution in [2.75, 3.05) is 26.2 Å². The van der Waals surface area contributed by atoms with E-state index in [0.29, 0.717) is 53.1 Å². The molecule has 0 atom stereocenters. The van der Waals surface area contributed by atoms with Crippen molar-refractivity contribution in [1.29, 1.82) is 0 Å². The highest BCUT2D eigenvalue weighted by atomic mass is 35.5. The van der Waals surface area contributed by atoms with Gasteiger partial charge in [-0.2, -0.15) is 0 Å². The van der Waals surface area contributed by atoms with Gasteiger partial charge in [-0.25, -0.2) is 22.3 Å². The first-order chi connectivity index (χ1) is 24.1. The lowest BCUT2D eigenvalue weighted by Gasteiger charge is -2.34. The molecule has 260 valence electrons. The molecule has 0 radical (unpaired) electrons. The van der Waals surface area contributed by atoms with Crippen molar-refractivity contribution in [3.8, 4) is 11.4 Å². The minimum absolute atomic E-state index is 0.0290. The molecule has 0 amide bonds. The molecular formula is C38H40ClFN6O2S2. The summed E-state index contributed by atoms with van der Waals surface area (Å²) in [6, 6.07) is 19.3. The van der Waals surface area contributed by atoms with Crippen LogP contribution in [-0.2, 0) is 13.1 Å². The zero-order valence-electron chi connectivity index (χ0n) is 28.3. The van der Waals surface area contributed by atoms with Gasteiger partial charge in [0.15, 0.2) is 0 Å². The maximum absolute atomic E-state index is 14.0. The van der Waals surface area contributed by atoms with E-state index in [9.17, 15) is 14.0 Å². The Morgan fingerprint density at radius 3 is 2.06 bits per heavy atom.